The standard InChI is InChI=1S/4C2H7N.Ti/c4*1-3-2;/h4*3H,1-2H3;. The van der Waals surface area contributed by atoms with Gasteiger partial charge in [0.15, 0.2) is 0 Å². The molecule has 4 N–H and O–H groups in total. The maximum atomic E-state index is 2.75. The van der Waals surface area contributed by atoms with Crippen molar-refractivity contribution in [3.8, 4) is 0 Å². The third kappa shape index (κ3) is 4550. The van der Waals surface area contributed by atoms with E-state index in [4.69, 9.17) is 0 Å². The third-order valence-corrected chi connectivity index (χ3v) is 0. The van der Waals surface area contributed by atoms with Crippen molar-refractivity contribution in [2.75, 3.05) is 56.4 Å². The molecule has 0 aliphatic carbocycles. The van der Waals surface area contributed by atoms with Crippen LogP contribution in [0.3, 0.4) is 0 Å². The summed E-state index contributed by atoms with van der Waals surface area (Å²) >= 11 is 0. The summed E-state index contributed by atoms with van der Waals surface area (Å²) in [7, 11) is 15.0. The van der Waals surface area contributed by atoms with Gasteiger partial charge in [-0.05, 0) is 56.4 Å². The molecule has 0 aliphatic heterocycles. The van der Waals surface area contributed by atoms with Crippen molar-refractivity contribution in [2.24, 2.45) is 0 Å². The smallest absolute Gasteiger partial charge is 0 e. The van der Waals surface area contributed by atoms with E-state index in [1.807, 2.05) is 56.4 Å². The van der Waals surface area contributed by atoms with E-state index in [0.717, 1.165) is 0 Å². The predicted octanol–water partition coefficient (Wildman–Crippen LogP) is -0.660. The summed E-state index contributed by atoms with van der Waals surface area (Å²) in [4.78, 5) is 0. The quantitative estimate of drug-likeness (QED) is 0.416. The zero-order chi connectivity index (χ0) is 10.8. The number of rotatable bonds is 0. The first-order chi connectivity index (χ1) is 5.66. The average Bonchev–Trinajstić information content (AvgIpc) is 1.92. The molecule has 84 valence electrons. The van der Waals surface area contributed by atoms with Crippen LogP contribution in [0.2, 0.25) is 0 Å². The molecular formula is C8H28N4Ti. The largest absolute Gasteiger partial charge is 0.323 e. The van der Waals surface area contributed by atoms with E-state index in [9.17, 15) is 0 Å². The molecule has 13 heavy (non-hydrogen) atoms. The van der Waals surface area contributed by atoms with Crippen LogP contribution >= 0.6 is 0 Å². The minimum absolute atomic E-state index is 0. The molecule has 0 bridgehead atoms. The molecule has 4 nitrogen and oxygen atoms in total. The Morgan fingerprint density at radius 2 is 0.385 bits per heavy atom. The molecule has 0 saturated heterocycles. The Bertz CT molecular complexity index is 24.1. The molecule has 0 atom stereocenters. The SMILES string of the molecule is CNC.CNC.CNC.CNC.[Ti]. The molecule has 0 aromatic rings. The van der Waals surface area contributed by atoms with E-state index in [1.54, 1.807) is 0 Å². The van der Waals surface area contributed by atoms with E-state index in [-0.39, 0.29) is 21.7 Å². The maximum Gasteiger partial charge on any atom is 0 e. The van der Waals surface area contributed by atoms with Gasteiger partial charge in [0.2, 0.25) is 0 Å². The van der Waals surface area contributed by atoms with Gasteiger partial charge in [0.25, 0.3) is 0 Å². The topological polar surface area (TPSA) is 48.1 Å². The molecule has 0 aromatic carbocycles. The monoisotopic (exact) mass is 228 g/mol. The van der Waals surface area contributed by atoms with Gasteiger partial charge in [-0.2, -0.15) is 0 Å². The van der Waals surface area contributed by atoms with Gasteiger partial charge in [0, 0.05) is 21.7 Å². The molecule has 0 aromatic heterocycles. The van der Waals surface area contributed by atoms with Crippen LogP contribution in [-0.4, -0.2) is 56.4 Å². The normalized spacial score (nSPS) is 5.54. The molecule has 0 rings (SSSR count). The second-order valence-electron chi connectivity index (χ2n) is 2.00. The summed E-state index contributed by atoms with van der Waals surface area (Å²) in [6.07, 6.45) is 0. The summed E-state index contributed by atoms with van der Waals surface area (Å²) in [5, 5.41) is 11.0. The first-order valence-corrected chi connectivity index (χ1v) is 4.00. The molecular weight excluding hydrogens is 200 g/mol. The molecule has 0 spiro atoms. The summed E-state index contributed by atoms with van der Waals surface area (Å²) in [6.45, 7) is 0. The van der Waals surface area contributed by atoms with Gasteiger partial charge < -0.3 is 21.3 Å². The Hall–Kier alpha value is 0.554. The van der Waals surface area contributed by atoms with Crippen molar-refractivity contribution in [1.29, 1.82) is 0 Å². The zero-order valence-electron chi connectivity index (χ0n) is 10.5. The van der Waals surface area contributed by atoms with Crippen LogP contribution in [0.5, 0.6) is 0 Å². The first kappa shape index (κ1) is 29.2. The second-order valence-corrected chi connectivity index (χ2v) is 2.00. The fraction of sp³-hybridized carbons (Fsp3) is 1.00. The van der Waals surface area contributed by atoms with Crippen LogP contribution in [0, 0.1) is 0 Å². The summed E-state index contributed by atoms with van der Waals surface area (Å²) in [5.74, 6) is 0. The van der Waals surface area contributed by atoms with Crippen LogP contribution in [0.25, 0.3) is 0 Å². The van der Waals surface area contributed by atoms with E-state index < -0.39 is 0 Å². The average molecular weight is 228 g/mol. The maximum absolute atomic E-state index is 2.75. The zero-order valence-corrected chi connectivity index (χ0v) is 12.1. The summed E-state index contributed by atoms with van der Waals surface area (Å²) < 4.78 is 0. The van der Waals surface area contributed by atoms with Gasteiger partial charge in [-0.25, -0.2) is 0 Å². The second kappa shape index (κ2) is 80.8. The molecule has 0 amide bonds. The van der Waals surface area contributed by atoms with Gasteiger partial charge in [-0.3, -0.25) is 0 Å². The van der Waals surface area contributed by atoms with Crippen molar-refractivity contribution in [3.63, 3.8) is 0 Å². The van der Waals surface area contributed by atoms with E-state index in [2.05, 4.69) is 21.3 Å². The van der Waals surface area contributed by atoms with Crippen LogP contribution < -0.4 is 21.3 Å². The predicted molar refractivity (Wildman–Crippen MR) is 59.9 cm³/mol. The molecule has 0 radical (unpaired) electrons. The minimum Gasteiger partial charge on any atom is -0.323 e. The van der Waals surface area contributed by atoms with Gasteiger partial charge in [-0.1, -0.05) is 0 Å². The molecule has 0 saturated carbocycles. The fourth-order valence-electron chi connectivity index (χ4n) is 0. The Morgan fingerprint density at radius 1 is 0.385 bits per heavy atom. The Kier molecular flexibility index (Phi) is 181. The van der Waals surface area contributed by atoms with Gasteiger partial charge in [-0.15, -0.1) is 0 Å². The van der Waals surface area contributed by atoms with Crippen molar-refractivity contribution in [3.05, 3.63) is 0 Å². The molecule has 0 aliphatic rings. The van der Waals surface area contributed by atoms with Crippen LogP contribution in [0.4, 0.5) is 0 Å². The molecule has 0 fully saturated rings. The summed E-state index contributed by atoms with van der Waals surface area (Å²) in [6, 6.07) is 0. The van der Waals surface area contributed by atoms with Crippen LogP contribution in [0.1, 0.15) is 0 Å². The Balaban J connectivity index is -0.0000000213. The van der Waals surface area contributed by atoms with Crippen molar-refractivity contribution < 1.29 is 21.7 Å². The Morgan fingerprint density at radius 3 is 0.385 bits per heavy atom. The van der Waals surface area contributed by atoms with Gasteiger partial charge >= 0.3 is 0 Å². The third-order valence-electron chi connectivity index (χ3n) is 0. The number of hydrogen-bond acceptors (Lipinski definition) is 4. The summed E-state index contributed by atoms with van der Waals surface area (Å²) in [5.41, 5.74) is 0. The molecule has 0 unspecified atom stereocenters. The van der Waals surface area contributed by atoms with E-state index in [1.165, 1.54) is 0 Å². The molecule has 0 heterocycles. The van der Waals surface area contributed by atoms with Crippen LogP contribution in [-0.2, 0) is 21.7 Å². The van der Waals surface area contributed by atoms with Gasteiger partial charge in [0.05, 0.1) is 0 Å². The van der Waals surface area contributed by atoms with Crippen molar-refractivity contribution in [1.82, 2.24) is 21.3 Å². The number of hydrogen-bond donors (Lipinski definition) is 4. The number of nitrogens with one attached hydrogen (secondary N) is 4. The molecule has 5 heteroatoms. The van der Waals surface area contributed by atoms with Crippen LogP contribution in [0.15, 0.2) is 0 Å². The van der Waals surface area contributed by atoms with Crippen molar-refractivity contribution in [2.45, 2.75) is 0 Å². The minimum atomic E-state index is 0. The van der Waals surface area contributed by atoms with Gasteiger partial charge in [0.1, 0.15) is 0 Å². The first-order valence-electron chi connectivity index (χ1n) is 4.00. The van der Waals surface area contributed by atoms with E-state index in [0.29, 0.717) is 0 Å². The fourth-order valence-corrected chi connectivity index (χ4v) is 0. The van der Waals surface area contributed by atoms with Crippen molar-refractivity contribution >= 4 is 0 Å². The van der Waals surface area contributed by atoms with E-state index >= 15 is 0 Å². The Labute approximate surface area is 99.5 Å².